The number of para-hydroxylation sites is 1. The summed E-state index contributed by atoms with van der Waals surface area (Å²) >= 11 is 5.86. The predicted molar refractivity (Wildman–Crippen MR) is 96.6 cm³/mol. The number of hydrogen-bond acceptors (Lipinski definition) is 3. The predicted octanol–water partition coefficient (Wildman–Crippen LogP) is 3.27. The minimum Gasteiger partial charge on any atom is -0.326 e. The second-order valence-corrected chi connectivity index (χ2v) is 7.78. The van der Waals surface area contributed by atoms with Crippen LogP contribution in [0.3, 0.4) is 0 Å². The van der Waals surface area contributed by atoms with Crippen molar-refractivity contribution in [3.05, 3.63) is 64.7 Å². The highest BCUT2D eigenvalue weighted by Crippen LogP contribution is 2.22. The van der Waals surface area contributed by atoms with Gasteiger partial charge in [0.1, 0.15) is 0 Å². The first-order valence-corrected chi connectivity index (χ1v) is 9.60. The lowest BCUT2D eigenvalue weighted by Gasteiger charge is -2.18. The second kappa shape index (κ2) is 7.79. The molecule has 2 aromatic carbocycles. The Morgan fingerprint density at radius 1 is 1.12 bits per heavy atom. The van der Waals surface area contributed by atoms with E-state index in [4.69, 9.17) is 11.6 Å². The van der Waals surface area contributed by atoms with Crippen molar-refractivity contribution in [2.24, 2.45) is 0 Å². The number of rotatable bonds is 6. The van der Waals surface area contributed by atoms with Gasteiger partial charge in [-0.3, -0.25) is 4.79 Å². The lowest BCUT2D eigenvalue weighted by Crippen LogP contribution is -2.30. The van der Waals surface area contributed by atoms with Crippen LogP contribution in [0.4, 0.5) is 5.69 Å². The average molecular weight is 367 g/mol. The minimum absolute atomic E-state index is 0.0248. The first-order valence-electron chi connectivity index (χ1n) is 7.33. The average Bonchev–Trinajstić information content (AvgIpc) is 2.48. The van der Waals surface area contributed by atoms with Crippen LogP contribution < -0.4 is 10.0 Å². The molecule has 7 heteroatoms. The fourth-order valence-corrected chi connectivity index (χ4v) is 3.14. The van der Waals surface area contributed by atoms with E-state index in [0.29, 0.717) is 16.3 Å². The summed E-state index contributed by atoms with van der Waals surface area (Å²) in [6, 6.07) is 13.5. The number of amides is 1. The quantitative estimate of drug-likeness (QED) is 0.823. The molecule has 0 saturated carbocycles. The van der Waals surface area contributed by atoms with Gasteiger partial charge in [0, 0.05) is 17.1 Å². The summed E-state index contributed by atoms with van der Waals surface area (Å²) in [5.41, 5.74) is 2.31. The van der Waals surface area contributed by atoms with Crippen LogP contribution in [0, 0.1) is 6.92 Å². The number of sulfonamides is 1. The van der Waals surface area contributed by atoms with Crippen molar-refractivity contribution < 1.29 is 13.2 Å². The molecule has 0 saturated heterocycles. The Hall–Kier alpha value is -1.89. The summed E-state index contributed by atoms with van der Waals surface area (Å²) in [6.45, 7) is 1.89. The molecular formula is C17H19ClN2O3S. The number of halogens is 1. The molecule has 2 rings (SSSR count). The SMILES string of the molecule is Cc1ccccc1NC(=O)CC(NS(C)(=O)=O)c1ccc(Cl)cc1. The molecule has 1 unspecified atom stereocenters. The van der Waals surface area contributed by atoms with Crippen LogP contribution in [0.5, 0.6) is 0 Å². The van der Waals surface area contributed by atoms with Crippen LogP contribution >= 0.6 is 11.6 Å². The maximum Gasteiger partial charge on any atom is 0.226 e. The van der Waals surface area contributed by atoms with E-state index in [1.54, 1.807) is 30.3 Å². The first-order chi connectivity index (χ1) is 11.2. The van der Waals surface area contributed by atoms with Crippen LogP contribution in [0.25, 0.3) is 0 Å². The number of nitrogens with one attached hydrogen (secondary N) is 2. The largest absolute Gasteiger partial charge is 0.326 e. The van der Waals surface area contributed by atoms with E-state index in [2.05, 4.69) is 10.0 Å². The van der Waals surface area contributed by atoms with Gasteiger partial charge >= 0.3 is 0 Å². The highest BCUT2D eigenvalue weighted by atomic mass is 35.5. The van der Waals surface area contributed by atoms with Crippen molar-refractivity contribution in [2.45, 2.75) is 19.4 Å². The van der Waals surface area contributed by atoms with Crippen LogP contribution in [0.15, 0.2) is 48.5 Å². The molecule has 0 aliphatic heterocycles. The molecule has 0 radical (unpaired) electrons. The lowest BCUT2D eigenvalue weighted by atomic mass is 10.0. The van der Waals surface area contributed by atoms with Crippen LogP contribution in [-0.4, -0.2) is 20.6 Å². The summed E-state index contributed by atoms with van der Waals surface area (Å²) in [7, 11) is -3.47. The Labute approximate surface area is 147 Å². The first kappa shape index (κ1) is 18.4. The molecule has 0 spiro atoms. The Morgan fingerprint density at radius 3 is 2.33 bits per heavy atom. The molecule has 1 atom stereocenters. The van der Waals surface area contributed by atoms with E-state index >= 15 is 0 Å². The summed E-state index contributed by atoms with van der Waals surface area (Å²) < 4.78 is 25.7. The standard InChI is InChI=1S/C17H19ClN2O3S/c1-12-5-3-4-6-15(12)19-17(21)11-16(20-24(2,22)23)13-7-9-14(18)10-8-13/h3-10,16,20H,11H2,1-2H3,(H,19,21). The molecule has 0 fully saturated rings. The van der Waals surface area contributed by atoms with Crippen LogP contribution in [0.2, 0.25) is 5.02 Å². The molecule has 0 aliphatic rings. The van der Waals surface area contributed by atoms with Crippen molar-refractivity contribution in [3.63, 3.8) is 0 Å². The zero-order valence-electron chi connectivity index (χ0n) is 13.4. The van der Waals surface area contributed by atoms with E-state index in [-0.39, 0.29) is 12.3 Å². The fraction of sp³-hybridized carbons (Fsp3) is 0.235. The van der Waals surface area contributed by atoms with Crippen molar-refractivity contribution >= 4 is 33.2 Å². The fourth-order valence-electron chi connectivity index (χ4n) is 2.28. The third-order valence-electron chi connectivity index (χ3n) is 3.44. The molecule has 0 aliphatic carbocycles. The van der Waals surface area contributed by atoms with Gasteiger partial charge in [-0.2, -0.15) is 0 Å². The van der Waals surface area contributed by atoms with Gasteiger partial charge in [-0.05, 0) is 36.2 Å². The molecule has 0 bridgehead atoms. The number of hydrogen-bond donors (Lipinski definition) is 2. The number of anilines is 1. The summed E-state index contributed by atoms with van der Waals surface area (Å²) in [5, 5.41) is 3.35. The third-order valence-corrected chi connectivity index (χ3v) is 4.40. The Kier molecular flexibility index (Phi) is 5.99. The molecule has 5 nitrogen and oxygen atoms in total. The van der Waals surface area contributed by atoms with E-state index < -0.39 is 16.1 Å². The third kappa shape index (κ3) is 5.63. The molecule has 128 valence electrons. The highest BCUT2D eigenvalue weighted by molar-refractivity contribution is 7.88. The highest BCUT2D eigenvalue weighted by Gasteiger charge is 2.20. The number of aryl methyl sites for hydroxylation is 1. The van der Waals surface area contributed by atoms with Crippen molar-refractivity contribution in [3.8, 4) is 0 Å². The van der Waals surface area contributed by atoms with Crippen molar-refractivity contribution in [1.82, 2.24) is 4.72 Å². The molecule has 2 N–H and O–H groups in total. The zero-order chi connectivity index (χ0) is 17.7. The molecule has 2 aromatic rings. The number of benzene rings is 2. The van der Waals surface area contributed by atoms with Crippen molar-refractivity contribution in [1.29, 1.82) is 0 Å². The molecule has 1 amide bonds. The molecule has 0 aromatic heterocycles. The van der Waals surface area contributed by atoms with E-state index in [0.717, 1.165) is 11.8 Å². The van der Waals surface area contributed by atoms with Gasteiger partial charge < -0.3 is 5.32 Å². The van der Waals surface area contributed by atoms with Gasteiger partial charge in [0.2, 0.25) is 15.9 Å². The normalized spacial score (nSPS) is 12.6. The van der Waals surface area contributed by atoms with E-state index in [9.17, 15) is 13.2 Å². The van der Waals surface area contributed by atoms with Gasteiger partial charge in [-0.25, -0.2) is 13.1 Å². The minimum atomic E-state index is -3.47. The van der Waals surface area contributed by atoms with Gasteiger partial charge in [0.15, 0.2) is 0 Å². The number of carbonyl (C=O) groups is 1. The van der Waals surface area contributed by atoms with Crippen molar-refractivity contribution in [2.75, 3.05) is 11.6 Å². The summed E-state index contributed by atoms with van der Waals surface area (Å²) in [4.78, 5) is 12.3. The van der Waals surface area contributed by atoms with Crippen LogP contribution in [0.1, 0.15) is 23.6 Å². The van der Waals surface area contributed by atoms with E-state index in [1.165, 1.54) is 0 Å². The lowest BCUT2D eigenvalue weighted by molar-refractivity contribution is -0.116. The molecular weight excluding hydrogens is 348 g/mol. The summed E-state index contributed by atoms with van der Waals surface area (Å²) in [6.07, 6.45) is 1.04. The van der Waals surface area contributed by atoms with Gasteiger partial charge in [-0.15, -0.1) is 0 Å². The zero-order valence-corrected chi connectivity index (χ0v) is 15.0. The maximum atomic E-state index is 12.3. The van der Waals surface area contributed by atoms with Crippen LogP contribution in [-0.2, 0) is 14.8 Å². The van der Waals surface area contributed by atoms with E-state index in [1.807, 2.05) is 25.1 Å². The van der Waals surface area contributed by atoms with Gasteiger partial charge in [0.25, 0.3) is 0 Å². The number of carbonyl (C=O) groups excluding carboxylic acids is 1. The monoisotopic (exact) mass is 366 g/mol. The topological polar surface area (TPSA) is 75.3 Å². The van der Waals surface area contributed by atoms with Gasteiger partial charge in [-0.1, -0.05) is 41.9 Å². The summed E-state index contributed by atoms with van der Waals surface area (Å²) in [5.74, 6) is -0.277. The molecule has 24 heavy (non-hydrogen) atoms. The molecule has 0 heterocycles. The Bertz CT molecular complexity index is 820. The Balaban J connectivity index is 2.17. The van der Waals surface area contributed by atoms with Gasteiger partial charge in [0.05, 0.1) is 12.3 Å². The maximum absolute atomic E-state index is 12.3. The second-order valence-electron chi connectivity index (χ2n) is 5.56. The Morgan fingerprint density at radius 2 is 1.75 bits per heavy atom. The smallest absolute Gasteiger partial charge is 0.226 e.